The molecule has 0 unspecified atom stereocenters. The van der Waals surface area contributed by atoms with E-state index in [1.807, 2.05) is 25.2 Å². The number of ether oxygens (including phenoxy) is 1. The molecule has 1 saturated heterocycles. The quantitative estimate of drug-likeness (QED) is 0.455. The van der Waals surface area contributed by atoms with Gasteiger partial charge in [-0.2, -0.15) is 0 Å². The number of guanidine groups is 1. The van der Waals surface area contributed by atoms with Gasteiger partial charge in [-0.05, 0) is 45.6 Å². The summed E-state index contributed by atoms with van der Waals surface area (Å²) in [6, 6.07) is 8.13. The van der Waals surface area contributed by atoms with E-state index in [9.17, 15) is 0 Å². The number of likely N-dealkylation sites (N-methyl/N-ethyl adjacent to an activating group) is 1. The average molecular weight is 362 g/mol. The van der Waals surface area contributed by atoms with E-state index < -0.39 is 0 Å². The van der Waals surface area contributed by atoms with Gasteiger partial charge in [0, 0.05) is 45.8 Å². The van der Waals surface area contributed by atoms with Gasteiger partial charge in [0.1, 0.15) is 5.75 Å². The van der Waals surface area contributed by atoms with Gasteiger partial charge < -0.3 is 24.8 Å². The van der Waals surface area contributed by atoms with Crippen molar-refractivity contribution in [3.8, 4) is 5.75 Å². The molecule has 0 aromatic heterocycles. The lowest BCUT2D eigenvalue weighted by Crippen LogP contribution is -2.40. The number of benzene rings is 1. The molecule has 1 aliphatic rings. The number of methoxy groups -OCH3 is 1. The summed E-state index contributed by atoms with van der Waals surface area (Å²) in [5.74, 6) is 1.84. The number of para-hydroxylation sites is 1. The zero-order valence-electron chi connectivity index (χ0n) is 16.9. The van der Waals surface area contributed by atoms with Crippen LogP contribution >= 0.6 is 0 Å². The van der Waals surface area contributed by atoms with Crippen molar-refractivity contribution in [2.45, 2.75) is 19.4 Å². The van der Waals surface area contributed by atoms with E-state index in [-0.39, 0.29) is 0 Å². The molecule has 0 radical (unpaired) electrons. The van der Waals surface area contributed by atoms with E-state index in [2.05, 4.69) is 45.2 Å². The van der Waals surface area contributed by atoms with Crippen LogP contribution in [-0.4, -0.2) is 88.2 Å². The highest BCUT2D eigenvalue weighted by Gasteiger charge is 2.12. The number of nitrogens with zero attached hydrogens (tertiary/aromatic N) is 4. The Morgan fingerprint density at radius 3 is 2.81 bits per heavy atom. The molecule has 6 heteroatoms. The highest BCUT2D eigenvalue weighted by Crippen LogP contribution is 2.18. The van der Waals surface area contributed by atoms with Gasteiger partial charge in [-0.3, -0.25) is 4.99 Å². The Labute approximate surface area is 158 Å². The number of hydrogen-bond donors (Lipinski definition) is 1. The van der Waals surface area contributed by atoms with Crippen molar-refractivity contribution in [1.82, 2.24) is 20.0 Å². The number of hydrogen-bond acceptors (Lipinski definition) is 4. The fraction of sp³-hybridized carbons (Fsp3) is 0.650. The fourth-order valence-electron chi connectivity index (χ4n) is 3.38. The maximum Gasteiger partial charge on any atom is 0.193 e. The van der Waals surface area contributed by atoms with Crippen molar-refractivity contribution in [2.24, 2.45) is 4.99 Å². The fourth-order valence-corrected chi connectivity index (χ4v) is 3.38. The normalized spacial score (nSPS) is 17.0. The predicted molar refractivity (Wildman–Crippen MR) is 109 cm³/mol. The third kappa shape index (κ3) is 6.50. The molecule has 1 aromatic rings. The lowest BCUT2D eigenvalue weighted by Gasteiger charge is -2.24. The predicted octanol–water partition coefficient (Wildman–Crippen LogP) is 1.73. The van der Waals surface area contributed by atoms with E-state index in [1.165, 1.54) is 32.6 Å². The Morgan fingerprint density at radius 1 is 1.23 bits per heavy atom. The first kappa shape index (κ1) is 20.5. The first-order valence-electron chi connectivity index (χ1n) is 9.58. The van der Waals surface area contributed by atoms with Crippen LogP contribution in [0.25, 0.3) is 0 Å². The van der Waals surface area contributed by atoms with Crippen LogP contribution in [0.2, 0.25) is 0 Å². The van der Waals surface area contributed by atoms with Crippen molar-refractivity contribution in [3.05, 3.63) is 29.8 Å². The molecular formula is C20H35N5O. The third-order valence-electron chi connectivity index (χ3n) is 4.92. The summed E-state index contributed by atoms with van der Waals surface area (Å²) >= 11 is 0. The average Bonchev–Trinajstić information content (AvgIpc) is 2.86. The van der Waals surface area contributed by atoms with E-state index in [1.54, 1.807) is 7.11 Å². The van der Waals surface area contributed by atoms with Crippen molar-refractivity contribution >= 4 is 5.96 Å². The minimum absolute atomic E-state index is 0.766. The van der Waals surface area contributed by atoms with Crippen LogP contribution in [-0.2, 0) is 6.54 Å². The Kier molecular flexibility index (Phi) is 8.71. The monoisotopic (exact) mass is 361 g/mol. The molecule has 0 bridgehead atoms. The van der Waals surface area contributed by atoms with Crippen LogP contribution in [0.3, 0.4) is 0 Å². The van der Waals surface area contributed by atoms with Gasteiger partial charge in [-0.1, -0.05) is 18.2 Å². The summed E-state index contributed by atoms with van der Waals surface area (Å²) < 4.78 is 5.45. The second-order valence-electron chi connectivity index (χ2n) is 6.99. The highest BCUT2D eigenvalue weighted by atomic mass is 16.5. The maximum absolute atomic E-state index is 5.45. The smallest absolute Gasteiger partial charge is 0.193 e. The van der Waals surface area contributed by atoms with Gasteiger partial charge in [-0.15, -0.1) is 0 Å². The molecule has 146 valence electrons. The topological polar surface area (TPSA) is 43.3 Å². The summed E-state index contributed by atoms with van der Waals surface area (Å²) in [6.45, 7) is 7.64. The van der Waals surface area contributed by atoms with E-state index >= 15 is 0 Å². The largest absolute Gasteiger partial charge is 0.496 e. The molecule has 1 N–H and O–H groups in total. The second kappa shape index (κ2) is 11.0. The third-order valence-corrected chi connectivity index (χ3v) is 4.92. The molecule has 0 atom stereocenters. The molecule has 26 heavy (non-hydrogen) atoms. The Morgan fingerprint density at radius 2 is 2.04 bits per heavy atom. The summed E-state index contributed by atoms with van der Waals surface area (Å²) in [6.07, 6.45) is 2.40. The van der Waals surface area contributed by atoms with Gasteiger partial charge >= 0.3 is 0 Å². The zero-order valence-corrected chi connectivity index (χ0v) is 16.9. The number of nitrogens with one attached hydrogen (secondary N) is 1. The van der Waals surface area contributed by atoms with Crippen LogP contribution in [0.4, 0.5) is 0 Å². The second-order valence-corrected chi connectivity index (χ2v) is 6.99. The van der Waals surface area contributed by atoms with Crippen LogP contribution in [0.5, 0.6) is 5.75 Å². The van der Waals surface area contributed by atoms with Crippen molar-refractivity contribution in [1.29, 1.82) is 0 Å². The van der Waals surface area contributed by atoms with Crippen LogP contribution < -0.4 is 10.1 Å². The van der Waals surface area contributed by atoms with Crippen molar-refractivity contribution in [3.63, 3.8) is 0 Å². The Bertz CT molecular complexity index is 563. The van der Waals surface area contributed by atoms with Crippen LogP contribution in [0, 0.1) is 0 Å². The molecule has 1 heterocycles. The van der Waals surface area contributed by atoms with Gasteiger partial charge in [0.25, 0.3) is 0 Å². The molecule has 6 nitrogen and oxygen atoms in total. The Balaban J connectivity index is 1.74. The minimum Gasteiger partial charge on any atom is -0.496 e. The minimum atomic E-state index is 0.766. The lowest BCUT2D eigenvalue weighted by molar-refractivity contribution is 0.273. The van der Waals surface area contributed by atoms with Crippen molar-refractivity contribution in [2.75, 3.05) is 67.5 Å². The van der Waals surface area contributed by atoms with E-state index in [0.717, 1.165) is 43.3 Å². The molecule has 1 aromatic carbocycles. The SMILES string of the molecule is CN=C(NCCCN1CCCN(C)CC1)N(C)Cc1ccccc1OC. The molecule has 2 rings (SSSR count). The molecule has 0 aliphatic carbocycles. The molecule has 1 aliphatic heterocycles. The van der Waals surface area contributed by atoms with E-state index in [4.69, 9.17) is 4.74 Å². The number of rotatable bonds is 7. The zero-order chi connectivity index (χ0) is 18.8. The molecule has 1 fully saturated rings. The van der Waals surface area contributed by atoms with Gasteiger partial charge in [0.05, 0.1) is 7.11 Å². The van der Waals surface area contributed by atoms with Crippen LogP contribution in [0.1, 0.15) is 18.4 Å². The molecule has 0 saturated carbocycles. The lowest BCUT2D eigenvalue weighted by atomic mass is 10.2. The van der Waals surface area contributed by atoms with Gasteiger partial charge in [-0.25, -0.2) is 0 Å². The highest BCUT2D eigenvalue weighted by molar-refractivity contribution is 5.79. The number of aliphatic imine (C=N–C) groups is 1. The van der Waals surface area contributed by atoms with Gasteiger partial charge in [0.2, 0.25) is 0 Å². The summed E-state index contributed by atoms with van der Waals surface area (Å²) in [4.78, 5) is 11.6. The standard InChI is InChI=1S/C20H35N5O/c1-21-20(24(3)17-18-9-5-6-10-19(18)26-4)22-11-7-13-25-14-8-12-23(2)15-16-25/h5-6,9-10H,7-8,11-17H2,1-4H3,(H,21,22). The van der Waals surface area contributed by atoms with Crippen molar-refractivity contribution < 1.29 is 4.74 Å². The first-order valence-corrected chi connectivity index (χ1v) is 9.58. The molecule has 0 amide bonds. The Hall–Kier alpha value is -1.79. The van der Waals surface area contributed by atoms with E-state index in [0.29, 0.717) is 0 Å². The summed E-state index contributed by atoms with van der Waals surface area (Å²) in [5.41, 5.74) is 1.16. The van der Waals surface area contributed by atoms with Crippen LogP contribution in [0.15, 0.2) is 29.3 Å². The van der Waals surface area contributed by atoms with Gasteiger partial charge in [0.15, 0.2) is 5.96 Å². The first-order chi connectivity index (χ1) is 12.6. The maximum atomic E-state index is 5.45. The summed E-state index contributed by atoms with van der Waals surface area (Å²) in [7, 11) is 7.83. The summed E-state index contributed by atoms with van der Waals surface area (Å²) in [5, 5.41) is 3.49. The molecule has 0 spiro atoms. The molecular weight excluding hydrogens is 326 g/mol.